The molecule has 0 radical (unpaired) electrons. The molecule has 8 heteroatoms. The second-order valence-electron chi connectivity index (χ2n) is 6.89. The monoisotopic (exact) mass is 406 g/mol. The van der Waals surface area contributed by atoms with Crippen LogP contribution in [0.2, 0.25) is 0 Å². The normalized spacial score (nSPS) is 16.0. The molecule has 0 spiro atoms. The van der Waals surface area contributed by atoms with E-state index in [1.54, 1.807) is 24.3 Å². The number of fused-ring (bicyclic) bond motifs is 1. The summed E-state index contributed by atoms with van der Waals surface area (Å²) in [5.41, 5.74) is 2.09. The number of hydrogen-bond donors (Lipinski definition) is 3. The molecular weight excluding hydrogens is 390 g/mol. The summed E-state index contributed by atoms with van der Waals surface area (Å²) in [7, 11) is 0. The highest BCUT2D eigenvalue weighted by molar-refractivity contribution is 6.02. The van der Waals surface area contributed by atoms with Crippen LogP contribution in [0.4, 0.5) is 8.78 Å². The minimum atomic E-state index is -0.758. The topological polar surface area (TPSA) is 97.8 Å². The molecule has 2 heterocycles. The zero-order chi connectivity index (χ0) is 21.3. The van der Waals surface area contributed by atoms with Gasteiger partial charge in [0.15, 0.2) is 0 Å². The van der Waals surface area contributed by atoms with E-state index in [9.17, 15) is 18.4 Å². The first-order valence-electron chi connectivity index (χ1n) is 9.24. The third kappa shape index (κ3) is 3.65. The van der Waals surface area contributed by atoms with Crippen molar-refractivity contribution in [3.63, 3.8) is 0 Å². The molecule has 1 aliphatic heterocycles. The number of hydrogen-bond acceptors (Lipinski definition) is 3. The minimum Gasteiger partial charge on any atom is -0.354 e. The van der Waals surface area contributed by atoms with Crippen LogP contribution in [0.3, 0.4) is 0 Å². The van der Waals surface area contributed by atoms with E-state index in [4.69, 9.17) is 5.26 Å². The van der Waals surface area contributed by atoms with E-state index in [2.05, 4.69) is 15.6 Å². The van der Waals surface area contributed by atoms with Crippen molar-refractivity contribution in [3.8, 4) is 17.3 Å². The van der Waals surface area contributed by atoms with Crippen LogP contribution in [0.1, 0.15) is 17.5 Å². The lowest BCUT2D eigenvalue weighted by atomic mass is 10.0. The number of aromatic amines is 1. The quantitative estimate of drug-likeness (QED) is 0.581. The van der Waals surface area contributed by atoms with Crippen LogP contribution in [0.15, 0.2) is 42.5 Å². The van der Waals surface area contributed by atoms with E-state index in [1.165, 1.54) is 18.2 Å². The lowest BCUT2D eigenvalue weighted by Gasteiger charge is -2.07. The van der Waals surface area contributed by atoms with Crippen molar-refractivity contribution in [1.82, 2.24) is 15.6 Å². The average molecular weight is 406 g/mol. The Labute approximate surface area is 170 Å². The lowest BCUT2D eigenvalue weighted by Crippen LogP contribution is -2.39. The zero-order valence-corrected chi connectivity index (χ0v) is 15.6. The van der Waals surface area contributed by atoms with Crippen molar-refractivity contribution in [3.05, 3.63) is 65.2 Å². The van der Waals surface area contributed by atoms with E-state index < -0.39 is 23.6 Å². The number of nitrogens with zero attached hydrogens (tertiary/aromatic N) is 1. The number of carbonyl (C=O) groups is 2. The first-order valence-corrected chi connectivity index (χ1v) is 9.24. The van der Waals surface area contributed by atoms with E-state index in [1.807, 2.05) is 6.07 Å². The molecule has 1 saturated heterocycles. The molecule has 0 aliphatic carbocycles. The summed E-state index contributed by atoms with van der Waals surface area (Å²) in [6, 6.07) is 9.96. The number of aromatic nitrogens is 1. The fraction of sp³-hybridized carbons (Fsp3) is 0.136. The summed E-state index contributed by atoms with van der Waals surface area (Å²) in [5, 5.41) is 14.5. The van der Waals surface area contributed by atoms with Crippen LogP contribution in [0.25, 0.3) is 28.2 Å². The molecule has 2 amide bonds. The van der Waals surface area contributed by atoms with Crippen LogP contribution in [0.5, 0.6) is 0 Å². The molecule has 4 rings (SSSR count). The molecule has 6 nitrogen and oxygen atoms in total. The molecule has 0 unspecified atom stereocenters. The van der Waals surface area contributed by atoms with Gasteiger partial charge in [-0.05, 0) is 36.3 Å². The summed E-state index contributed by atoms with van der Waals surface area (Å²) in [6.45, 7) is 0.497. The van der Waals surface area contributed by atoms with E-state index >= 15 is 0 Å². The van der Waals surface area contributed by atoms with Crippen molar-refractivity contribution in [2.75, 3.05) is 6.54 Å². The highest BCUT2D eigenvalue weighted by Gasteiger charge is 2.24. The Bertz CT molecular complexity index is 1220. The SMILES string of the molecule is N#Cc1ccc(-c2[nH]c3c(F)cc(F)cc3c2/C=C/C(=O)N[C@H]2CCNC2=O)cc1. The number of halogens is 2. The van der Waals surface area contributed by atoms with Crippen LogP contribution in [0, 0.1) is 23.0 Å². The van der Waals surface area contributed by atoms with Gasteiger partial charge in [-0.25, -0.2) is 8.78 Å². The van der Waals surface area contributed by atoms with Crippen LogP contribution < -0.4 is 10.6 Å². The summed E-state index contributed by atoms with van der Waals surface area (Å²) in [6.07, 6.45) is 3.18. The third-order valence-corrected chi connectivity index (χ3v) is 4.93. The number of nitriles is 1. The predicted molar refractivity (Wildman–Crippen MR) is 107 cm³/mol. The number of nitrogens with one attached hydrogen (secondary N) is 3. The molecule has 0 bridgehead atoms. The lowest BCUT2D eigenvalue weighted by molar-refractivity contribution is -0.125. The van der Waals surface area contributed by atoms with E-state index in [0.717, 1.165) is 6.07 Å². The van der Waals surface area contributed by atoms with Crippen LogP contribution in [-0.4, -0.2) is 29.4 Å². The summed E-state index contributed by atoms with van der Waals surface area (Å²) < 4.78 is 28.2. The van der Waals surface area contributed by atoms with Gasteiger partial charge in [-0.2, -0.15) is 5.26 Å². The van der Waals surface area contributed by atoms with E-state index in [0.29, 0.717) is 35.3 Å². The number of benzene rings is 2. The number of amides is 2. The number of carbonyl (C=O) groups excluding carboxylic acids is 2. The maximum Gasteiger partial charge on any atom is 0.244 e. The molecule has 0 saturated carbocycles. The Hall–Kier alpha value is -3.99. The van der Waals surface area contributed by atoms with Crippen molar-refractivity contribution in [2.45, 2.75) is 12.5 Å². The molecule has 1 atom stereocenters. The summed E-state index contributed by atoms with van der Waals surface area (Å²) in [5.74, 6) is -2.24. The molecule has 3 N–H and O–H groups in total. The Balaban J connectivity index is 1.75. The molecular formula is C22H16F2N4O2. The van der Waals surface area contributed by atoms with Gasteiger partial charge in [0.05, 0.1) is 22.8 Å². The second kappa shape index (κ2) is 7.79. The first-order chi connectivity index (χ1) is 14.5. The molecule has 150 valence electrons. The van der Waals surface area contributed by atoms with Crippen LogP contribution in [-0.2, 0) is 9.59 Å². The highest BCUT2D eigenvalue weighted by Crippen LogP contribution is 2.33. The van der Waals surface area contributed by atoms with Gasteiger partial charge in [-0.1, -0.05) is 12.1 Å². The Morgan fingerprint density at radius 1 is 1.23 bits per heavy atom. The highest BCUT2D eigenvalue weighted by atomic mass is 19.1. The molecule has 30 heavy (non-hydrogen) atoms. The maximum absolute atomic E-state index is 14.3. The van der Waals surface area contributed by atoms with Gasteiger partial charge in [0, 0.05) is 29.6 Å². The summed E-state index contributed by atoms with van der Waals surface area (Å²) >= 11 is 0. The van der Waals surface area contributed by atoms with Crippen molar-refractivity contribution in [2.24, 2.45) is 0 Å². The third-order valence-electron chi connectivity index (χ3n) is 4.93. The number of H-pyrrole nitrogens is 1. The summed E-state index contributed by atoms with van der Waals surface area (Å²) in [4.78, 5) is 26.8. The first kappa shape index (κ1) is 19.3. The molecule has 1 aliphatic rings. The predicted octanol–water partition coefficient (Wildman–Crippen LogP) is 3.00. The number of rotatable bonds is 4. The average Bonchev–Trinajstić information content (AvgIpc) is 3.30. The molecule has 2 aromatic carbocycles. The fourth-order valence-electron chi connectivity index (χ4n) is 3.46. The van der Waals surface area contributed by atoms with Crippen molar-refractivity contribution >= 4 is 28.8 Å². The second-order valence-corrected chi connectivity index (χ2v) is 6.89. The van der Waals surface area contributed by atoms with E-state index in [-0.39, 0.29) is 16.8 Å². The maximum atomic E-state index is 14.3. The Morgan fingerprint density at radius 2 is 2.00 bits per heavy atom. The molecule has 1 aromatic heterocycles. The Morgan fingerprint density at radius 3 is 2.67 bits per heavy atom. The fourth-order valence-corrected chi connectivity index (χ4v) is 3.46. The molecule has 1 fully saturated rings. The van der Waals surface area contributed by atoms with Gasteiger partial charge in [-0.3, -0.25) is 9.59 Å². The largest absolute Gasteiger partial charge is 0.354 e. The smallest absolute Gasteiger partial charge is 0.244 e. The van der Waals surface area contributed by atoms with Gasteiger partial charge in [0.25, 0.3) is 0 Å². The van der Waals surface area contributed by atoms with Crippen molar-refractivity contribution < 1.29 is 18.4 Å². The standard InChI is InChI=1S/C22H16F2N4O2/c23-14-9-16-15(5-6-19(29)27-18-7-8-26-22(18)30)20(28-21(16)17(24)10-14)13-3-1-12(11-25)2-4-13/h1-6,9-10,18,28H,7-8H2,(H,26,30)(H,27,29)/b6-5+/t18-/m0/s1. The van der Waals surface area contributed by atoms with Crippen LogP contribution >= 0.6 is 0 Å². The Kier molecular flexibility index (Phi) is 5.02. The molecule has 3 aromatic rings. The zero-order valence-electron chi connectivity index (χ0n) is 15.6. The van der Waals surface area contributed by atoms with Crippen molar-refractivity contribution in [1.29, 1.82) is 5.26 Å². The van der Waals surface area contributed by atoms with Gasteiger partial charge in [0.1, 0.15) is 17.7 Å². The van der Waals surface area contributed by atoms with Gasteiger partial charge in [-0.15, -0.1) is 0 Å². The van der Waals surface area contributed by atoms with Gasteiger partial charge in [0.2, 0.25) is 11.8 Å². The van der Waals surface area contributed by atoms with Gasteiger partial charge < -0.3 is 15.6 Å². The van der Waals surface area contributed by atoms with Gasteiger partial charge >= 0.3 is 0 Å². The minimum absolute atomic E-state index is 0.103.